The summed E-state index contributed by atoms with van der Waals surface area (Å²) in [7, 11) is 0. The van der Waals surface area contributed by atoms with Gasteiger partial charge in [0.1, 0.15) is 15.5 Å². The average molecular weight is 583 g/mol. The Morgan fingerprint density at radius 1 is 0.952 bits per heavy atom. The van der Waals surface area contributed by atoms with E-state index in [0.29, 0.717) is 37.9 Å². The molecule has 0 atom stereocenters. The van der Waals surface area contributed by atoms with Crippen LogP contribution in [0.25, 0.3) is 32.9 Å². The second kappa shape index (κ2) is 11.3. The maximum atomic E-state index is 13.1. The van der Waals surface area contributed by atoms with Gasteiger partial charge in [0.25, 0.3) is 11.6 Å². The molecule has 0 saturated carbocycles. The van der Waals surface area contributed by atoms with Gasteiger partial charge >= 0.3 is 6.09 Å². The summed E-state index contributed by atoms with van der Waals surface area (Å²) in [5.41, 5.74) is 8.56. The maximum absolute atomic E-state index is 13.1. The van der Waals surface area contributed by atoms with Gasteiger partial charge in [0.05, 0.1) is 21.7 Å². The molecule has 2 heterocycles. The van der Waals surface area contributed by atoms with Crippen molar-refractivity contribution >= 4 is 50.6 Å². The van der Waals surface area contributed by atoms with Crippen molar-refractivity contribution in [2.75, 3.05) is 11.1 Å². The van der Waals surface area contributed by atoms with Crippen molar-refractivity contribution in [2.24, 2.45) is 0 Å². The number of amides is 2. The van der Waals surface area contributed by atoms with Crippen molar-refractivity contribution < 1.29 is 19.2 Å². The Bertz CT molecular complexity index is 1810. The highest BCUT2D eigenvalue weighted by Gasteiger charge is 2.25. The number of nitrogen functional groups attached to an aromatic ring is 1. The van der Waals surface area contributed by atoms with Crippen LogP contribution in [0.4, 0.5) is 21.9 Å². The Morgan fingerprint density at radius 3 is 2.31 bits per heavy atom. The van der Waals surface area contributed by atoms with Gasteiger partial charge in [0.15, 0.2) is 5.82 Å². The summed E-state index contributed by atoms with van der Waals surface area (Å²) in [5.74, 6) is 0.295. The summed E-state index contributed by atoms with van der Waals surface area (Å²) in [6, 6.07) is 21.5. The Kier molecular flexibility index (Phi) is 7.55. The summed E-state index contributed by atoms with van der Waals surface area (Å²) in [5, 5.41) is 17.0. The van der Waals surface area contributed by atoms with Gasteiger partial charge in [-0.3, -0.25) is 20.2 Å². The predicted octanol–water partition coefficient (Wildman–Crippen LogP) is 6.65. The number of carbonyl (C=O) groups is 2. The van der Waals surface area contributed by atoms with Crippen LogP contribution in [0.1, 0.15) is 30.4 Å². The largest absolute Gasteiger partial charge is 0.417 e. The minimum atomic E-state index is -0.782. The number of ether oxygens (including phenoxy) is 1. The third kappa shape index (κ3) is 6.18. The topological polar surface area (TPSA) is 162 Å². The summed E-state index contributed by atoms with van der Waals surface area (Å²) >= 11 is 1.19. The summed E-state index contributed by atoms with van der Waals surface area (Å²) in [6.07, 6.45) is -0.782. The first-order valence-corrected chi connectivity index (χ1v) is 13.6. The highest BCUT2D eigenvalue weighted by atomic mass is 32.1. The van der Waals surface area contributed by atoms with E-state index in [2.05, 4.69) is 10.6 Å². The number of nitrogens with one attached hydrogen (secondary N) is 2. The van der Waals surface area contributed by atoms with Crippen LogP contribution in [-0.2, 0) is 0 Å². The van der Waals surface area contributed by atoms with E-state index in [9.17, 15) is 19.7 Å². The minimum Gasteiger partial charge on any atom is -0.410 e. The number of rotatable bonds is 6. The first kappa shape index (κ1) is 28.2. The van der Waals surface area contributed by atoms with Gasteiger partial charge in [-0.25, -0.2) is 14.8 Å². The fourth-order valence-electron chi connectivity index (χ4n) is 4.14. The normalized spacial score (nSPS) is 11.2. The lowest BCUT2D eigenvalue weighted by molar-refractivity contribution is -0.384. The number of anilines is 2. The van der Waals surface area contributed by atoms with Crippen molar-refractivity contribution in [1.29, 1.82) is 0 Å². The lowest BCUT2D eigenvalue weighted by Gasteiger charge is -2.20. The summed E-state index contributed by atoms with van der Waals surface area (Å²) in [4.78, 5) is 46.5. The number of nitrogens with zero attached hydrogens (tertiary/aromatic N) is 3. The van der Waals surface area contributed by atoms with Gasteiger partial charge in [-0.2, -0.15) is 0 Å². The highest BCUT2D eigenvalue weighted by molar-refractivity contribution is 7.21. The Balaban J connectivity index is 1.52. The second-order valence-electron chi connectivity index (χ2n) is 10.3. The van der Waals surface area contributed by atoms with E-state index >= 15 is 0 Å². The molecule has 2 amide bonds. The lowest BCUT2D eigenvalue weighted by atomic mass is 10.1. The molecule has 0 radical (unpaired) electrons. The van der Waals surface area contributed by atoms with E-state index in [-0.39, 0.29) is 23.0 Å². The molecule has 0 aliphatic heterocycles. The van der Waals surface area contributed by atoms with E-state index in [1.807, 2.05) is 57.2 Å². The molecule has 0 aliphatic rings. The quantitative estimate of drug-likeness (QED) is 0.148. The molecule has 5 rings (SSSR count). The molecule has 3 aromatic carbocycles. The number of nitrogens with two attached hydrogens (primary N) is 1. The van der Waals surface area contributed by atoms with Crippen LogP contribution in [0.5, 0.6) is 5.75 Å². The SMILES string of the molecule is CC(C)(C)NC(=O)c1sc2nc(-c3ccccc3)nc(-c3cccc(NC(=O)Oc4ccc([N+](=O)[O-])cc4)c3)c2c1N. The molecule has 0 fully saturated rings. The second-order valence-corrected chi connectivity index (χ2v) is 11.3. The first-order valence-electron chi connectivity index (χ1n) is 12.8. The van der Waals surface area contributed by atoms with E-state index in [0.717, 1.165) is 5.56 Å². The third-order valence-electron chi connectivity index (χ3n) is 5.96. The molecule has 5 aromatic rings. The van der Waals surface area contributed by atoms with Crippen LogP contribution < -0.4 is 21.1 Å². The van der Waals surface area contributed by atoms with Gasteiger partial charge in [-0.1, -0.05) is 42.5 Å². The predicted molar refractivity (Wildman–Crippen MR) is 163 cm³/mol. The van der Waals surface area contributed by atoms with Gasteiger partial charge in [0, 0.05) is 34.5 Å². The molecule has 42 heavy (non-hydrogen) atoms. The molecule has 11 nitrogen and oxygen atoms in total. The first-order chi connectivity index (χ1) is 20.0. The number of non-ortho nitro benzene ring substituents is 1. The zero-order valence-electron chi connectivity index (χ0n) is 22.9. The van der Waals surface area contributed by atoms with Crippen LogP contribution in [0, 0.1) is 10.1 Å². The molecule has 0 spiro atoms. The van der Waals surface area contributed by atoms with Crippen LogP contribution in [0.3, 0.4) is 0 Å². The van der Waals surface area contributed by atoms with Crippen molar-refractivity contribution in [3.8, 4) is 28.4 Å². The average Bonchev–Trinajstić information content (AvgIpc) is 3.29. The van der Waals surface area contributed by atoms with E-state index in [4.69, 9.17) is 20.4 Å². The number of thiophene rings is 1. The van der Waals surface area contributed by atoms with Crippen LogP contribution in [0.15, 0.2) is 78.9 Å². The third-order valence-corrected chi connectivity index (χ3v) is 7.05. The zero-order chi connectivity index (χ0) is 30.0. The molecule has 0 saturated heterocycles. The lowest BCUT2D eigenvalue weighted by Crippen LogP contribution is -2.40. The van der Waals surface area contributed by atoms with E-state index in [1.54, 1.807) is 18.2 Å². The number of aromatic nitrogens is 2. The van der Waals surface area contributed by atoms with Crippen molar-refractivity contribution in [2.45, 2.75) is 26.3 Å². The van der Waals surface area contributed by atoms with Crippen molar-refractivity contribution in [1.82, 2.24) is 15.3 Å². The molecule has 0 aliphatic carbocycles. The number of carbonyl (C=O) groups excluding carboxylic acids is 2. The molecular formula is C30H26N6O5S. The Labute approximate surface area is 244 Å². The standard InChI is InChI=1S/C30H26N6O5S/c1-30(2,3)35-27(37)25-23(31)22-24(33-26(34-28(22)42-25)17-8-5-4-6-9-17)18-10-7-11-19(16-18)32-29(38)41-21-14-12-20(13-15-21)36(39)40/h4-16H,31H2,1-3H3,(H,32,38)(H,35,37). The number of hydrogen-bond acceptors (Lipinski definition) is 9. The zero-order valence-corrected chi connectivity index (χ0v) is 23.7. The van der Waals surface area contributed by atoms with Gasteiger partial charge in [-0.15, -0.1) is 11.3 Å². The van der Waals surface area contributed by atoms with Crippen molar-refractivity contribution in [3.63, 3.8) is 0 Å². The fraction of sp³-hybridized carbons (Fsp3) is 0.133. The molecule has 2 aromatic heterocycles. The van der Waals surface area contributed by atoms with Crippen LogP contribution in [0.2, 0.25) is 0 Å². The number of nitro benzene ring substituents is 1. The van der Waals surface area contributed by atoms with Crippen LogP contribution >= 0.6 is 11.3 Å². The van der Waals surface area contributed by atoms with Crippen molar-refractivity contribution in [3.05, 3.63) is 93.9 Å². The summed E-state index contributed by atoms with van der Waals surface area (Å²) < 4.78 is 5.27. The monoisotopic (exact) mass is 582 g/mol. The number of hydrogen-bond donors (Lipinski definition) is 3. The number of nitro groups is 1. The highest BCUT2D eigenvalue weighted by Crippen LogP contribution is 2.40. The smallest absolute Gasteiger partial charge is 0.410 e. The number of benzene rings is 3. The molecule has 0 unspecified atom stereocenters. The summed E-state index contributed by atoms with van der Waals surface area (Å²) in [6.45, 7) is 5.66. The van der Waals surface area contributed by atoms with E-state index < -0.39 is 16.6 Å². The van der Waals surface area contributed by atoms with Crippen LogP contribution in [-0.4, -0.2) is 32.4 Å². The molecule has 4 N–H and O–H groups in total. The van der Waals surface area contributed by atoms with Gasteiger partial charge < -0.3 is 15.8 Å². The van der Waals surface area contributed by atoms with Gasteiger partial charge in [0.2, 0.25) is 0 Å². The Hall–Kier alpha value is -5.36. The number of fused-ring (bicyclic) bond motifs is 1. The molecular weight excluding hydrogens is 556 g/mol. The molecule has 0 bridgehead atoms. The van der Waals surface area contributed by atoms with Gasteiger partial charge in [-0.05, 0) is 45.0 Å². The Morgan fingerprint density at radius 2 is 1.64 bits per heavy atom. The maximum Gasteiger partial charge on any atom is 0.417 e. The molecule has 12 heteroatoms. The molecule has 212 valence electrons. The minimum absolute atomic E-state index is 0.117. The van der Waals surface area contributed by atoms with E-state index in [1.165, 1.54) is 35.6 Å². The fourth-order valence-corrected chi connectivity index (χ4v) is 5.13.